The van der Waals surface area contributed by atoms with Crippen molar-refractivity contribution in [1.82, 2.24) is 0 Å². The highest BCUT2D eigenvalue weighted by Crippen LogP contribution is 2.35. The molecule has 0 saturated heterocycles. The molecule has 0 spiro atoms. The van der Waals surface area contributed by atoms with Gasteiger partial charge in [0, 0.05) is 17.4 Å². The molecule has 0 atom stereocenters. The Balaban J connectivity index is 2.31. The first-order valence-corrected chi connectivity index (χ1v) is 8.12. The highest BCUT2D eigenvalue weighted by atomic mass is 32.1. The Labute approximate surface area is 133 Å². The predicted molar refractivity (Wildman–Crippen MR) is 89.6 cm³/mol. The van der Waals surface area contributed by atoms with Crippen molar-refractivity contribution < 1.29 is 14.7 Å². The van der Waals surface area contributed by atoms with Gasteiger partial charge >= 0.3 is 5.97 Å². The third-order valence-corrected chi connectivity index (χ3v) is 4.27. The van der Waals surface area contributed by atoms with E-state index in [1.165, 1.54) is 11.3 Å². The first-order chi connectivity index (χ1) is 10.5. The number of aryl methyl sites for hydroxylation is 1. The SMILES string of the molecule is CCCCC(=O)Nc1scc(-c2ccc(C)cc2)c1C(=O)O. The zero-order valence-electron chi connectivity index (χ0n) is 12.7. The number of aromatic carboxylic acids is 1. The van der Waals surface area contributed by atoms with Crippen LogP contribution in [0.1, 0.15) is 42.1 Å². The highest BCUT2D eigenvalue weighted by molar-refractivity contribution is 7.15. The largest absolute Gasteiger partial charge is 0.478 e. The van der Waals surface area contributed by atoms with E-state index in [4.69, 9.17) is 0 Å². The molecule has 0 saturated carbocycles. The standard InChI is InChI=1S/C17H19NO3S/c1-3-4-5-14(19)18-16-15(17(20)21)13(10-22-16)12-8-6-11(2)7-9-12/h6-10H,3-5H2,1-2H3,(H,18,19)(H,20,21). The summed E-state index contributed by atoms with van der Waals surface area (Å²) in [6, 6.07) is 7.68. The zero-order valence-corrected chi connectivity index (χ0v) is 13.5. The third-order valence-electron chi connectivity index (χ3n) is 3.38. The molecule has 2 N–H and O–H groups in total. The summed E-state index contributed by atoms with van der Waals surface area (Å²) in [5.41, 5.74) is 2.76. The maximum atomic E-state index is 11.8. The highest BCUT2D eigenvalue weighted by Gasteiger charge is 2.20. The van der Waals surface area contributed by atoms with Crippen molar-refractivity contribution in [1.29, 1.82) is 0 Å². The summed E-state index contributed by atoms with van der Waals surface area (Å²) < 4.78 is 0. The molecule has 0 bridgehead atoms. The maximum Gasteiger partial charge on any atom is 0.339 e. The smallest absolute Gasteiger partial charge is 0.339 e. The number of carbonyl (C=O) groups is 2. The molecule has 116 valence electrons. The van der Waals surface area contributed by atoms with E-state index in [0.29, 0.717) is 17.0 Å². The summed E-state index contributed by atoms with van der Waals surface area (Å²) in [5, 5.41) is 14.4. The van der Waals surface area contributed by atoms with Gasteiger partial charge in [0.2, 0.25) is 5.91 Å². The fourth-order valence-corrected chi connectivity index (χ4v) is 3.11. The molecule has 0 aliphatic heterocycles. The lowest BCUT2D eigenvalue weighted by Crippen LogP contribution is -2.12. The Morgan fingerprint density at radius 3 is 2.50 bits per heavy atom. The van der Waals surface area contributed by atoms with Crippen molar-refractivity contribution in [3.63, 3.8) is 0 Å². The van der Waals surface area contributed by atoms with E-state index in [0.717, 1.165) is 24.0 Å². The van der Waals surface area contributed by atoms with Crippen LogP contribution >= 0.6 is 11.3 Å². The fraction of sp³-hybridized carbons (Fsp3) is 0.294. The second kappa shape index (κ2) is 7.22. The summed E-state index contributed by atoms with van der Waals surface area (Å²) in [6.07, 6.45) is 2.13. The third kappa shape index (κ3) is 3.74. The van der Waals surface area contributed by atoms with Crippen LogP contribution in [0.2, 0.25) is 0 Å². The summed E-state index contributed by atoms with van der Waals surface area (Å²) in [7, 11) is 0. The van der Waals surface area contributed by atoms with E-state index >= 15 is 0 Å². The van der Waals surface area contributed by atoms with Crippen LogP contribution in [0.4, 0.5) is 5.00 Å². The van der Waals surface area contributed by atoms with Gasteiger partial charge in [-0.25, -0.2) is 4.79 Å². The number of carboxylic acids is 1. The van der Waals surface area contributed by atoms with Gasteiger partial charge in [-0.15, -0.1) is 11.3 Å². The lowest BCUT2D eigenvalue weighted by molar-refractivity contribution is -0.116. The monoisotopic (exact) mass is 317 g/mol. The number of rotatable bonds is 6. The van der Waals surface area contributed by atoms with E-state index in [1.807, 2.05) is 38.1 Å². The number of carboxylic acid groups (broad SMARTS) is 1. The van der Waals surface area contributed by atoms with Crippen molar-refractivity contribution in [3.05, 3.63) is 40.8 Å². The first kappa shape index (κ1) is 16.2. The van der Waals surface area contributed by atoms with E-state index in [2.05, 4.69) is 5.32 Å². The quantitative estimate of drug-likeness (QED) is 0.821. The molecule has 5 heteroatoms. The van der Waals surface area contributed by atoms with Gasteiger partial charge in [0.1, 0.15) is 10.6 Å². The number of hydrogen-bond donors (Lipinski definition) is 2. The predicted octanol–water partition coefficient (Wildman–Crippen LogP) is 4.55. The molecule has 0 unspecified atom stereocenters. The molecule has 0 fully saturated rings. The molecule has 4 nitrogen and oxygen atoms in total. The minimum atomic E-state index is -1.03. The van der Waals surface area contributed by atoms with Crippen molar-refractivity contribution in [2.45, 2.75) is 33.1 Å². The number of benzene rings is 1. The van der Waals surface area contributed by atoms with Crippen LogP contribution in [0, 0.1) is 6.92 Å². The lowest BCUT2D eigenvalue weighted by atomic mass is 10.0. The van der Waals surface area contributed by atoms with E-state index in [9.17, 15) is 14.7 Å². The number of thiophene rings is 1. The lowest BCUT2D eigenvalue weighted by Gasteiger charge is -2.06. The summed E-state index contributed by atoms with van der Waals surface area (Å²) in [5.74, 6) is -1.16. The van der Waals surface area contributed by atoms with Crippen LogP contribution < -0.4 is 5.32 Å². The van der Waals surface area contributed by atoms with Gasteiger partial charge in [-0.3, -0.25) is 4.79 Å². The average Bonchev–Trinajstić information content (AvgIpc) is 2.89. The normalized spacial score (nSPS) is 10.5. The molecular weight excluding hydrogens is 298 g/mol. The van der Waals surface area contributed by atoms with Crippen molar-refractivity contribution in [3.8, 4) is 11.1 Å². The van der Waals surface area contributed by atoms with Crippen molar-refractivity contribution in [2.75, 3.05) is 5.32 Å². The Morgan fingerprint density at radius 1 is 1.23 bits per heavy atom. The van der Waals surface area contributed by atoms with Gasteiger partial charge in [-0.2, -0.15) is 0 Å². The number of carbonyl (C=O) groups excluding carboxylic acids is 1. The zero-order chi connectivity index (χ0) is 16.1. The second-order valence-electron chi connectivity index (χ2n) is 5.18. The number of amides is 1. The van der Waals surface area contributed by atoms with Crippen LogP contribution in [-0.2, 0) is 4.79 Å². The minimum absolute atomic E-state index is 0.137. The van der Waals surface area contributed by atoms with Crippen LogP contribution in [0.25, 0.3) is 11.1 Å². The van der Waals surface area contributed by atoms with Gasteiger partial charge in [0.05, 0.1) is 0 Å². The Kier molecular flexibility index (Phi) is 5.33. The Hall–Kier alpha value is -2.14. The summed E-state index contributed by atoms with van der Waals surface area (Å²) in [4.78, 5) is 23.4. The molecule has 1 heterocycles. The fourth-order valence-electron chi connectivity index (χ4n) is 2.13. The van der Waals surface area contributed by atoms with Gasteiger partial charge in [-0.05, 0) is 18.9 Å². The maximum absolute atomic E-state index is 11.8. The minimum Gasteiger partial charge on any atom is -0.478 e. The molecule has 0 aliphatic rings. The number of anilines is 1. The Bertz CT molecular complexity index is 674. The van der Waals surface area contributed by atoms with Gasteiger partial charge in [0.25, 0.3) is 0 Å². The van der Waals surface area contributed by atoms with Gasteiger partial charge < -0.3 is 10.4 Å². The molecule has 1 aromatic carbocycles. The van der Waals surface area contributed by atoms with Crippen LogP contribution in [-0.4, -0.2) is 17.0 Å². The molecule has 1 aromatic heterocycles. The second-order valence-corrected chi connectivity index (χ2v) is 6.06. The van der Waals surface area contributed by atoms with Crippen molar-refractivity contribution in [2.24, 2.45) is 0 Å². The number of hydrogen-bond acceptors (Lipinski definition) is 3. The molecule has 0 radical (unpaired) electrons. The van der Waals surface area contributed by atoms with Gasteiger partial charge in [0.15, 0.2) is 0 Å². The topological polar surface area (TPSA) is 66.4 Å². The Morgan fingerprint density at radius 2 is 1.91 bits per heavy atom. The summed E-state index contributed by atoms with van der Waals surface area (Å²) >= 11 is 1.25. The molecule has 2 rings (SSSR count). The van der Waals surface area contributed by atoms with E-state index in [-0.39, 0.29) is 11.5 Å². The summed E-state index contributed by atoms with van der Waals surface area (Å²) in [6.45, 7) is 3.99. The first-order valence-electron chi connectivity index (χ1n) is 7.24. The van der Waals surface area contributed by atoms with Crippen LogP contribution in [0.3, 0.4) is 0 Å². The number of nitrogens with one attached hydrogen (secondary N) is 1. The molecule has 22 heavy (non-hydrogen) atoms. The van der Waals surface area contributed by atoms with Crippen molar-refractivity contribution >= 4 is 28.2 Å². The number of unbranched alkanes of at least 4 members (excludes halogenated alkanes) is 1. The van der Waals surface area contributed by atoms with E-state index in [1.54, 1.807) is 5.38 Å². The van der Waals surface area contributed by atoms with Crippen LogP contribution in [0.15, 0.2) is 29.6 Å². The average molecular weight is 317 g/mol. The molecule has 1 amide bonds. The van der Waals surface area contributed by atoms with Gasteiger partial charge in [-0.1, -0.05) is 43.2 Å². The van der Waals surface area contributed by atoms with E-state index < -0.39 is 5.97 Å². The molecule has 0 aliphatic carbocycles. The van der Waals surface area contributed by atoms with Crippen LogP contribution in [0.5, 0.6) is 0 Å². The molecular formula is C17H19NO3S. The molecule has 2 aromatic rings.